The van der Waals surface area contributed by atoms with Crippen LogP contribution in [0.25, 0.3) is 0 Å². The zero-order chi connectivity index (χ0) is 13.5. The minimum Gasteiger partial charge on any atom is -0.299 e. The predicted molar refractivity (Wildman–Crippen MR) is 76.0 cm³/mol. The van der Waals surface area contributed by atoms with Gasteiger partial charge < -0.3 is 0 Å². The van der Waals surface area contributed by atoms with Gasteiger partial charge in [-0.2, -0.15) is 0 Å². The molecule has 0 amide bonds. The van der Waals surface area contributed by atoms with Crippen LogP contribution in [0.4, 0.5) is 0 Å². The van der Waals surface area contributed by atoms with E-state index in [2.05, 4.69) is 0 Å². The van der Waals surface area contributed by atoms with Gasteiger partial charge in [-0.25, -0.2) is 0 Å². The lowest BCUT2D eigenvalue weighted by atomic mass is 9.84. The summed E-state index contributed by atoms with van der Waals surface area (Å²) in [7, 11) is 0. The SMILES string of the molecule is O=C(CCc1ccccc1)CC(=O)C1CCCCC1. The van der Waals surface area contributed by atoms with Crippen molar-refractivity contribution in [1.29, 1.82) is 0 Å². The molecule has 0 saturated heterocycles. The lowest BCUT2D eigenvalue weighted by molar-refractivity contribution is -0.129. The first-order chi connectivity index (χ1) is 9.25. The minimum atomic E-state index is 0.0967. The molecule has 1 aliphatic rings. The summed E-state index contributed by atoms with van der Waals surface area (Å²) in [6, 6.07) is 9.98. The second-order valence-electron chi connectivity index (χ2n) is 5.50. The van der Waals surface area contributed by atoms with Crippen LogP contribution in [-0.4, -0.2) is 11.6 Å². The summed E-state index contributed by atoms with van der Waals surface area (Å²) in [5.41, 5.74) is 1.17. The van der Waals surface area contributed by atoms with Crippen LogP contribution in [0, 0.1) is 5.92 Å². The number of ketones is 2. The van der Waals surface area contributed by atoms with Crippen molar-refractivity contribution in [3.05, 3.63) is 35.9 Å². The molecule has 2 nitrogen and oxygen atoms in total. The Morgan fingerprint density at radius 2 is 1.68 bits per heavy atom. The third-order valence-electron chi connectivity index (χ3n) is 3.97. The summed E-state index contributed by atoms with van der Waals surface area (Å²) in [5.74, 6) is 0.437. The highest BCUT2D eigenvalue weighted by Gasteiger charge is 2.22. The molecule has 0 N–H and O–H groups in total. The van der Waals surface area contributed by atoms with Gasteiger partial charge in [0.2, 0.25) is 0 Å². The Balaban J connectivity index is 1.73. The number of hydrogen-bond donors (Lipinski definition) is 0. The van der Waals surface area contributed by atoms with Crippen LogP contribution >= 0.6 is 0 Å². The Labute approximate surface area is 115 Å². The van der Waals surface area contributed by atoms with Gasteiger partial charge in [0.25, 0.3) is 0 Å². The van der Waals surface area contributed by atoms with E-state index in [4.69, 9.17) is 0 Å². The zero-order valence-corrected chi connectivity index (χ0v) is 11.4. The van der Waals surface area contributed by atoms with E-state index in [0.29, 0.717) is 6.42 Å². The molecule has 0 aromatic heterocycles. The second-order valence-corrected chi connectivity index (χ2v) is 5.50. The van der Waals surface area contributed by atoms with Gasteiger partial charge in [-0.15, -0.1) is 0 Å². The molecule has 0 atom stereocenters. The fourth-order valence-corrected chi connectivity index (χ4v) is 2.78. The van der Waals surface area contributed by atoms with Gasteiger partial charge in [-0.1, -0.05) is 49.6 Å². The molecule has 1 fully saturated rings. The first kappa shape index (κ1) is 14.0. The van der Waals surface area contributed by atoms with Crippen LogP contribution in [0.1, 0.15) is 50.5 Å². The van der Waals surface area contributed by atoms with E-state index in [1.165, 1.54) is 12.0 Å². The number of Topliss-reactive ketones (excluding diaryl/α,β-unsaturated/α-hetero) is 2. The first-order valence-corrected chi connectivity index (χ1v) is 7.34. The molecular weight excluding hydrogens is 236 g/mol. The third-order valence-corrected chi connectivity index (χ3v) is 3.97. The van der Waals surface area contributed by atoms with E-state index in [1.54, 1.807) is 0 Å². The monoisotopic (exact) mass is 258 g/mol. The van der Waals surface area contributed by atoms with Gasteiger partial charge in [-0.05, 0) is 24.8 Å². The maximum absolute atomic E-state index is 12.0. The average Bonchev–Trinajstić information content (AvgIpc) is 2.47. The largest absolute Gasteiger partial charge is 0.299 e. The van der Waals surface area contributed by atoms with Crippen LogP contribution in [0.5, 0.6) is 0 Å². The van der Waals surface area contributed by atoms with E-state index < -0.39 is 0 Å². The molecule has 0 radical (unpaired) electrons. The van der Waals surface area contributed by atoms with E-state index in [-0.39, 0.29) is 23.9 Å². The molecular formula is C17H22O2. The molecule has 0 heterocycles. The Bertz CT molecular complexity index is 416. The van der Waals surface area contributed by atoms with E-state index >= 15 is 0 Å². The van der Waals surface area contributed by atoms with Crippen molar-refractivity contribution in [3.8, 4) is 0 Å². The standard InChI is InChI=1S/C17H22O2/c18-16(12-11-14-7-3-1-4-8-14)13-17(19)15-9-5-2-6-10-15/h1,3-4,7-8,15H,2,5-6,9-13H2. The van der Waals surface area contributed by atoms with Gasteiger partial charge in [0.1, 0.15) is 11.6 Å². The summed E-state index contributed by atoms with van der Waals surface area (Å²) in [6.07, 6.45) is 6.90. The maximum atomic E-state index is 12.0. The molecule has 0 bridgehead atoms. The van der Waals surface area contributed by atoms with E-state index in [0.717, 1.165) is 32.1 Å². The van der Waals surface area contributed by atoms with Crippen molar-refractivity contribution in [2.24, 2.45) is 5.92 Å². The molecule has 0 spiro atoms. The van der Waals surface area contributed by atoms with Gasteiger partial charge >= 0.3 is 0 Å². The van der Waals surface area contributed by atoms with Gasteiger partial charge in [0.05, 0.1) is 6.42 Å². The quantitative estimate of drug-likeness (QED) is 0.729. The second kappa shape index (κ2) is 7.22. The Morgan fingerprint density at radius 3 is 2.37 bits per heavy atom. The van der Waals surface area contributed by atoms with Crippen molar-refractivity contribution in [2.45, 2.75) is 51.4 Å². The summed E-state index contributed by atoms with van der Waals surface area (Å²) in [5, 5.41) is 0. The van der Waals surface area contributed by atoms with Crippen LogP contribution in [-0.2, 0) is 16.0 Å². The highest BCUT2D eigenvalue weighted by atomic mass is 16.1. The normalized spacial score (nSPS) is 16.2. The van der Waals surface area contributed by atoms with Crippen LogP contribution in [0.2, 0.25) is 0 Å². The molecule has 1 aliphatic carbocycles. The van der Waals surface area contributed by atoms with E-state index in [1.807, 2.05) is 30.3 Å². The number of aryl methyl sites for hydroxylation is 1. The molecule has 1 aromatic carbocycles. The molecule has 0 unspecified atom stereocenters. The zero-order valence-electron chi connectivity index (χ0n) is 11.4. The average molecular weight is 258 g/mol. The van der Waals surface area contributed by atoms with Crippen molar-refractivity contribution >= 4 is 11.6 Å². The molecule has 2 heteroatoms. The number of carbonyl (C=O) groups excluding carboxylic acids is 2. The Hall–Kier alpha value is -1.44. The molecule has 19 heavy (non-hydrogen) atoms. The highest BCUT2D eigenvalue weighted by Crippen LogP contribution is 2.25. The van der Waals surface area contributed by atoms with Crippen molar-refractivity contribution in [3.63, 3.8) is 0 Å². The Morgan fingerprint density at radius 1 is 1.00 bits per heavy atom. The first-order valence-electron chi connectivity index (χ1n) is 7.34. The van der Waals surface area contributed by atoms with Crippen LogP contribution in [0.3, 0.4) is 0 Å². The predicted octanol–water partition coefficient (Wildman–Crippen LogP) is 3.73. The van der Waals surface area contributed by atoms with Gasteiger partial charge in [-0.3, -0.25) is 9.59 Å². The lowest BCUT2D eigenvalue weighted by Gasteiger charge is -2.19. The van der Waals surface area contributed by atoms with E-state index in [9.17, 15) is 9.59 Å². The van der Waals surface area contributed by atoms with Gasteiger partial charge in [0.15, 0.2) is 0 Å². The molecule has 1 aromatic rings. The van der Waals surface area contributed by atoms with Crippen LogP contribution in [0.15, 0.2) is 30.3 Å². The number of hydrogen-bond acceptors (Lipinski definition) is 2. The van der Waals surface area contributed by atoms with Gasteiger partial charge in [0, 0.05) is 12.3 Å². The van der Waals surface area contributed by atoms with Crippen LogP contribution < -0.4 is 0 Å². The summed E-state index contributed by atoms with van der Waals surface area (Å²) >= 11 is 0. The van der Waals surface area contributed by atoms with Crippen molar-refractivity contribution in [1.82, 2.24) is 0 Å². The number of benzene rings is 1. The topological polar surface area (TPSA) is 34.1 Å². The fraction of sp³-hybridized carbons (Fsp3) is 0.529. The summed E-state index contributed by atoms with van der Waals surface area (Å²) < 4.78 is 0. The number of rotatable bonds is 6. The Kier molecular flexibility index (Phi) is 5.31. The van der Waals surface area contributed by atoms with Crippen molar-refractivity contribution in [2.75, 3.05) is 0 Å². The molecule has 2 rings (SSSR count). The fourth-order valence-electron chi connectivity index (χ4n) is 2.78. The molecule has 1 saturated carbocycles. The summed E-state index contributed by atoms with van der Waals surface area (Å²) in [4.78, 5) is 23.8. The van der Waals surface area contributed by atoms with Crippen molar-refractivity contribution < 1.29 is 9.59 Å². The molecule has 0 aliphatic heterocycles. The smallest absolute Gasteiger partial charge is 0.143 e. The maximum Gasteiger partial charge on any atom is 0.143 e. The lowest BCUT2D eigenvalue weighted by Crippen LogP contribution is -2.20. The highest BCUT2D eigenvalue weighted by molar-refractivity contribution is 6.00. The number of carbonyl (C=O) groups is 2. The molecule has 102 valence electrons. The summed E-state index contributed by atoms with van der Waals surface area (Å²) in [6.45, 7) is 0. The minimum absolute atomic E-state index is 0.0967. The third kappa shape index (κ3) is 4.62.